The fraction of sp³-hybridized carbons (Fsp3) is 0.583. The summed E-state index contributed by atoms with van der Waals surface area (Å²) in [4.78, 5) is 11.7. The molecule has 1 aliphatic carbocycles. The summed E-state index contributed by atoms with van der Waals surface area (Å²) >= 11 is 1.66. The van der Waals surface area contributed by atoms with E-state index < -0.39 is 0 Å². The molecule has 0 aliphatic heterocycles. The minimum absolute atomic E-state index is 0.168. The predicted molar refractivity (Wildman–Crippen MR) is 67.0 cm³/mol. The Morgan fingerprint density at radius 3 is 3.00 bits per heavy atom. The maximum Gasteiger partial charge on any atom is 0.287 e. The third-order valence-electron chi connectivity index (χ3n) is 2.93. The minimum atomic E-state index is -0.173. The highest BCUT2D eigenvalue weighted by atomic mass is 32.2. The summed E-state index contributed by atoms with van der Waals surface area (Å²) in [6.07, 6.45) is 3.39. The van der Waals surface area contributed by atoms with Crippen molar-refractivity contribution in [1.29, 1.82) is 0 Å². The van der Waals surface area contributed by atoms with Crippen molar-refractivity contribution in [1.82, 2.24) is 5.32 Å². The molecule has 0 saturated heterocycles. The van der Waals surface area contributed by atoms with Gasteiger partial charge in [0.2, 0.25) is 0 Å². The highest BCUT2D eigenvalue weighted by molar-refractivity contribution is 7.97. The molecule has 1 aromatic rings. The van der Waals surface area contributed by atoms with Crippen LogP contribution >= 0.6 is 11.8 Å². The van der Waals surface area contributed by atoms with E-state index in [9.17, 15) is 4.79 Å². The van der Waals surface area contributed by atoms with Crippen LogP contribution in [0.3, 0.4) is 0 Å². The molecule has 0 bridgehead atoms. The second kappa shape index (κ2) is 5.60. The van der Waals surface area contributed by atoms with Gasteiger partial charge in [-0.2, -0.15) is 11.8 Å². The van der Waals surface area contributed by atoms with Gasteiger partial charge >= 0.3 is 0 Å². The summed E-state index contributed by atoms with van der Waals surface area (Å²) in [5.74, 6) is 2.21. The number of nitrogens with one attached hydrogen (secondary N) is 1. The Morgan fingerprint density at radius 2 is 2.35 bits per heavy atom. The number of hydrogen-bond donors (Lipinski definition) is 2. The molecule has 5 heteroatoms. The fourth-order valence-electron chi connectivity index (χ4n) is 1.91. The zero-order valence-corrected chi connectivity index (χ0v) is 10.6. The Hall–Kier alpha value is -0.940. The van der Waals surface area contributed by atoms with Crippen molar-refractivity contribution in [3.05, 3.63) is 23.7 Å². The van der Waals surface area contributed by atoms with Crippen molar-refractivity contribution in [3.8, 4) is 0 Å². The number of furan rings is 1. The smallest absolute Gasteiger partial charge is 0.287 e. The maximum absolute atomic E-state index is 11.7. The van der Waals surface area contributed by atoms with E-state index in [0.29, 0.717) is 18.2 Å². The third kappa shape index (κ3) is 3.26. The second-order valence-electron chi connectivity index (χ2n) is 4.40. The Balaban J connectivity index is 1.78. The Kier molecular flexibility index (Phi) is 4.12. The summed E-state index contributed by atoms with van der Waals surface area (Å²) in [6.45, 7) is 0.619. The van der Waals surface area contributed by atoms with Gasteiger partial charge in [-0.05, 0) is 37.1 Å². The molecule has 2 N–H and O–H groups in total. The Morgan fingerprint density at radius 1 is 1.59 bits per heavy atom. The zero-order chi connectivity index (χ0) is 12.3. The monoisotopic (exact) mass is 255 g/mol. The molecule has 1 saturated carbocycles. The number of rotatable bonds is 5. The zero-order valence-electron chi connectivity index (χ0n) is 9.81. The summed E-state index contributed by atoms with van der Waals surface area (Å²) < 4.78 is 5.41. The SMILES string of the molecule is CSCc1ccc(C(=O)NCC2CC(O)C2)o1. The molecule has 4 nitrogen and oxygen atoms in total. The van der Waals surface area contributed by atoms with Gasteiger partial charge in [0.05, 0.1) is 11.9 Å². The molecule has 1 heterocycles. The first-order valence-electron chi connectivity index (χ1n) is 5.73. The number of thioether (sulfide) groups is 1. The molecule has 1 fully saturated rings. The molecule has 0 aromatic carbocycles. The van der Waals surface area contributed by atoms with E-state index in [4.69, 9.17) is 9.52 Å². The highest BCUT2D eigenvalue weighted by Crippen LogP contribution is 2.26. The molecular weight excluding hydrogens is 238 g/mol. The van der Waals surface area contributed by atoms with Gasteiger partial charge < -0.3 is 14.8 Å². The largest absolute Gasteiger partial charge is 0.455 e. The standard InChI is InChI=1S/C12H17NO3S/c1-17-7-10-2-3-11(16-10)12(15)13-6-8-4-9(14)5-8/h2-3,8-9,14H,4-7H2,1H3,(H,13,15). The van der Waals surface area contributed by atoms with Crippen molar-refractivity contribution in [2.75, 3.05) is 12.8 Å². The first kappa shape index (κ1) is 12.5. The van der Waals surface area contributed by atoms with Crippen LogP contribution < -0.4 is 5.32 Å². The van der Waals surface area contributed by atoms with Gasteiger partial charge in [-0.3, -0.25) is 4.79 Å². The van der Waals surface area contributed by atoms with Crippen LogP contribution in [0.1, 0.15) is 29.2 Å². The van der Waals surface area contributed by atoms with Gasteiger partial charge in [0.1, 0.15) is 5.76 Å². The predicted octanol–water partition coefficient (Wildman–Crippen LogP) is 1.64. The first-order valence-corrected chi connectivity index (χ1v) is 7.12. The topological polar surface area (TPSA) is 62.5 Å². The number of hydrogen-bond acceptors (Lipinski definition) is 4. The molecule has 0 atom stereocenters. The maximum atomic E-state index is 11.7. The lowest BCUT2D eigenvalue weighted by Crippen LogP contribution is -2.38. The van der Waals surface area contributed by atoms with Gasteiger partial charge in [0.15, 0.2) is 5.76 Å². The van der Waals surface area contributed by atoms with Gasteiger partial charge in [-0.1, -0.05) is 0 Å². The number of aliphatic hydroxyl groups is 1. The van der Waals surface area contributed by atoms with Crippen LogP contribution in [0, 0.1) is 5.92 Å². The van der Waals surface area contributed by atoms with Gasteiger partial charge in [0, 0.05) is 6.54 Å². The summed E-state index contributed by atoms with van der Waals surface area (Å²) in [6, 6.07) is 3.54. The van der Waals surface area contributed by atoms with Gasteiger partial charge in [0.25, 0.3) is 5.91 Å². The normalized spacial score (nSPS) is 23.2. The van der Waals surface area contributed by atoms with Gasteiger partial charge in [-0.15, -0.1) is 0 Å². The van der Waals surface area contributed by atoms with Crippen LogP contribution in [0.5, 0.6) is 0 Å². The van der Waals surface area contributed by atoms with Crippen LogP contribution in [0.2, 0.25) is 0 Å². The van der Waals surface area contributed by atoms with Crippen LogP contribution in [-0.4, -0.2) is 29.9 Å². The lowest BCUT2D eigenvalue weighted by molar-refractivity contribution is 0.0417. The molecule has 0 radical (unpaired) electrons. The van der Waals surface area contributed by atoms with Crippen LogP contribution in [0.4, 0.5) is 0 Å². The van der Waals surface area contributed by atoms with E-state index in [0.717, 1.165) is 24.4 Å². The summed E-state index contributed by atoms with van der Waals surface area (Å²) in [5, 5.41) is 12.0. The van der Waals surface area contributed by atoms with E-state index >= 15 is 0 Å². The highest BCUT2D eigenvalue weighted by Gasteiger charge is 2.27. The Labute approximate surface area is 105 Å². The number of carbonyl (C=O) groups excluding carboxylic acids is 1. The van der Waals surface area contributed by atoms with Crippen molar-refractivity contribution in [2.24, 2.45) is 5.92 Å². The lowest BCUT2D eigenvalue weighted by atomic mass is 9.82. The van der Waals surface area contributed by atoms with Crippen molar-refractivity contribution < 1.29 is 14.3 Å². The molecule has 0 spiro atoms. The van der Waals surface area contributed by atoms with E-state index in [1.807, 2.05) is 12.3 Å². The number of carbonyl (C=O) groups is 1. The summed E-state index contributed by atoms with van der Waals surface area (Å²) in [7, 11) is 0. The molecular formula is C12H17NO3S. The molecule has 1 amide bonds. The quantitative estimate of drug-likeness (QED) is 0.839. The minimum Gasteiger partial charge on any atom is -0.455 e. The van der Waals surface area contributed by atoms with E-state index in [1.54, 1.807) is 17.8 Å². The van der Waals surface area contributed by atoms with Crippen LogP contribution in [-0.2, 0) is 5.75 Å². The molecule has 0 unspecified atom stereocenters. The third-order valence-corrected chi connectivity index (χ3v) is 3.51. The van der Waals surface area contributed by atoms with Crippen LogP contribution in [0.25, 0.3) is 0 Å². The summed E-state index contributed by atoms with van der Waals surface area (Å²) in [5.41, 5.74) is 0. The molecule has 94 valence electrons. The fourth-order valence-corrected chi connectivity index (χ4v) is 2.35. The molecule has 2 rings (SSSR count). The average Bonchev–Trinajstić information content (AvgIpc) is 2.71. The van der Waals surface area contributed by atoms with Crippen molar-refractivity contribution in [2.45, 2.75) is 24.7 Å². The number of aliphatic hydroxyl groups excluding tert-OH is 1. The first-order chi connectivity index (χ1) is 8.19. The van der Waals surface area contributed by atoms with E-state index in [2.05, 4.69) is 5.32 Å². The van der Waals surface area contributed by atoms with E-state index in [1.165, 1.54) is 0 Å². The van der Waals surface area contributed by atoms with Gasteiger partial charge in [-0.25, -0.2) is 0 Å². The molecule has 17 heavy (non-hydrogen) atoms. The Bertz CT molecular complexity index is 385. The molecule has 1 aliphatic rings. The lowest BCUT2D eigenvalue weighted by Gasteiger charge is -2.31. The molecule has 1 aromatic heterocycles. The van der Waals surface area contributed by atoms with Crippen molar-refractivity contribution >= 4 is 17.7 Å². The average molecular weight is 255 g/mol. The second-order valence-corrected chi connectivity index (χ2v) is 5.27. The van der Waals surface area contributed by atoms with E-state index in [-0.39, 0.29) is 12.0 Å². The van der Waals surface area contributed by atoms with Crippen LogP contribution in [0.15, 0.2) is 16.5 Å². The van der Waals surface area contributed by atoms with Crippen molar-refractivity contribution in [3.63, 3.8) is 0 Å². The number of amides is 1.